The Morgan fingerprint density at radius 3 is 2.37 bits per heavy atom. The van der Waals surface area contributed by atoms with Crippen molar-refractivity contribution in [1.29, 1.82) is 0 Å². The summed E-state index contributed by atoms with van der Waals surface area (Å²) in [7, 11) is 0. The predicted molar refractivity (Wildman–Crippen MR) is 81.6 cm³/mol. The van der Waals surface area contributed by atoms with Gasteiger partial charge in [0.15, 0.2) is 0 Å². The molecule has 0 aliphatic heterocycles. The van der Waals surface area contributed by atoms with Crippen LogP contribution in [0, 0.1) is 0 Å². The topological polar surface area (TPSA) is 88.2 Å². The van der Waals surface area contributed by atoms with Gasteiger partial charge < -0.3 is 16.2 Å². The maximum atomic E-state index is 10.7. The first-order valence-electron chi connectivity index (χ1n) is 6.43. The van der Waals surface area contributed by atoms with Crippen LogP contribution in [-0.4, -0.2) is 22.1 Å². The SMILES string of the molecule is C=CC(C)Nc1cc(C(=O)O)cc(N)n1.CC.CC. The Morgan fingerprint density at radius 2 is 1.95 bits per heavy atom. The number of carboxylic acids is 1. The number of nitrogens with zero attached hydrogens (tertiary/aromatic N) is 1. The van der Waals surface area contributed by atoms with E-state index in [1.807, 2.05) is 34.6 Å². The Balaban J connectivity index is 0. The molecule has 19 heavy (non-hydrogen) atoms. The third kappa shape index (κ3) is 7.81. The molecule has 4 N–H and O–H groups in total. The minimum Gasteiger partial charge on any atom is -0.478 e. The molecule has 1 unspecified atom stereocenters. The van der Waals surface area contributed by atoms with Gasteiger partial charge in [0.2, 0.25) is 0 Å². The smallest absolute Gasteiger partial charge is 0.335 e. The molecule has 1 atom stereocenters. The lowest BCUT2D eigenvalue weighted by molar-refractivity contribution is 0.0697. The zero-order valence-corrected chi connectivity index (χ0v) is 12.4. The number of nitrogens with one attached hydrogen (secondary N) is 1. The number of aromatic carboxylic acids is 1. The molecule has 0 saturated heterocycles. The lowest BCUT2D eigenvalue weighted by Gasteiger charge is -2.10. The van der Waals surface area contributed by atoms with E-state index in [-0.39, 0.29) is 17.4 Å². The van der Waals surface area contributed by atoms with Crippen LogP contribution in [-0.2, 0) is 0 Å². The van der Waals surface area contributed by atoms with Gasteiger partial charge in [0, 0.05) is 6.04 Å². The highest BCUT2D eigenvalue weighted by Crippen LogP contribution is 2.13. The van der Waals surface area contributed by atoms with Gasteiger partial charge in [-0.1, -0.05) is 33.8 Å². The molecule has 1 aromatic heterocycles. The average Bonchev–Trinajstić information content (AvgIpc) is 2.42. The monoisotopic (exact) mass is 267 g/mol. The van der Waals surface area contributed by atoms with Gasteiger partial charge in [0.1, 0.15) is 11.6 Å². The number of hydrogen-bond acceptors (Lipinski definition) is 4. The quantitative estimate of drug-likeness (QED) is 0.728. The highest BCUT2D eigenvalue weighted by atomic mass is 16.4. The minimum absolute atomic E-state index is 0.000875. The van der Waals surface area contributed by atoms with Crippen LogP contribution in [0.2, 0.25) is 0 Å². The average molecular weight is 267 g/mol. The third-order valence-electron chi connectivity index (χ3n) is 1.82. The molecule has 0 radical (unpaired) electrons. The number of nitrogens with two attached hydrogens (primary N) is 1. The van der Waals surface area contributed by atoms with E-state index in [0.717, 1.165) is 0 Å². The van der Waals surface area contributed by atoms with Crippen molar-refractivity contribution in [2.45, 2.75) is 40.7 Å². The second-order valence-electron chi connectivity index (χ2n) is 3.14. The van der Waals surface area contributed by atoms with Crippen molar-refractivity contribution >= 4 is 17.6 Å². The fourth-order valence-electron chi connectivity index (χ4n) is 1.04. The van der Waals surface area contributed by atoms with E-state index in [0.29, 0.717) is 5.82 Å². The van der Waals surface area contributed by atoms with Gasteiger partial charge in [0.05, 0.1) is 5.56 Å². The zero-order chi connectivity index (χ0) is 15.4. The van der Waals surface area contributed by atoms with Gasteiger partial charge in [-0.15, -0.1) is 6.58 Å². The molecule has 1 heterocycles. The standard InChI is InChI=1S/C10H13N3O2.2C2H6/c1-3-6(2)12-9-5-7(10(14)15)4-8(11)13-9;2*1-2/h3-6H,1H2,2H3,(H,14,15)(H3,11,12,13);2*1-2H3. The van der Waals surface area contributed by atoms with Crippen molar-refractivity contribution in [3.63, 3.8) is 0 Å². The molecule has 0 bridgehead atoms. The Bertz CT molecular complexity index is 392. The molecule has 108 valence electrons. The summed E-state index contributed by atoms with van der Waals surface area (Å²) < 4.78 is 0. The second kappa shape index (κ2) is 11.1. The van der Waals surface area contributed by atoms with Crippen molar-refractivity contribution in [2.24, 2.45) is 0 Å². The zero-order valence-electron chi connectivity index (χ0n) is 12.4. The molecule has 5 heteroatoms. The van der Waals surface area contributed by atoms with Crippen molar-refractivity contribution in [1.82, 2.24) is 4.98 Å². The number of aromatic nitrogens is 1. The molecule has 5 nitrogen and oxygen atoms in total. The van der Waals surface area contributed by atoms with E-state index in [9.17, 15) is 4.79 Å². The van der Waals surface area contributed by atoms with E-state index >= 15 is 0 Å². The number of rotatable bonds is 4. The maximum Gasteiger partial charge on any atom is 0.335 e. The van der Waals surface area contributed by atoms with Gasteiger partial charge in [-0.25, -0.2) is 9.78 Å². The first-order chi connectivity index (χ1) is 9.02. The first kappa shape index (κ1) is 19.3. The van der Waals surface area contributed by atoms with Crippen LogP contribution in [0.1, 0.15) is 45.0 Å². The van der Waals surface area contributed by atoms with Gasteiger partial charge >= 0.3 is 5.97 Å². The molecule has 0 aromatic carbocycles. The molecule has 0 spiro atoms. The van der Waals surface area contributed by atoms with E-state index in [2.05, 4.69) is 16.9 Å². The van der Waals surface area contributed by atoms with Crippen LogP contribution in [0.4, 0.5) is 11.6 Å². The summed E-state index contributed by atoms with van der Waals surface area (Å²) in [6.07, 6.45) is 1.69. The Morgan fingerprint density at radius 1 is 1.42 bits per heavy atom. The van der Waals surface area contributed by atoms with Gasteiger partial charge in [-0.3, -0.25) is 0 Å². The molecule has 0 fully saturated rings. The summed E-state index contributed by atoms with van der Waals surface area (Å²) in [5, 5.41) is 11.7. The van der Waals surface area contributed by atoms with Crippen molar-refractivity contribution < 1.29 is 9.90 Å². The van der Waals surface area contributed by atoms with E-state index in [1.54, 1.807) is 6.08 Å². The van der Waals surface area contributed by atoms with Crippen LogP contribution < -0.4 is 11.1 Å². The lowest BCUT2D eigenvalue weighted by atomic mass is 10.2. The molecule has 1 rings (SSSR count). The summed E-state index contributed by atoms with van der Waals surface area (Å²) in [5.41, 5.74) is 5.59. The highest BCUT2D eigenvalue weighted by Gasteiger charge is 2.07. The Kier molecular flexibility index (Phi) is 11.3. The number of carboxylic acid groups (broad SMARTS) is 1. The summed E-state index contributed by atoms with van der Waals surface area (Å²) in [6.45, 7) is 13.5. The van der Waals surface area contributed by atoms with E-state index < -0.39 is 5.97 Å². The normalized spacial score (nSPS) is 9.95. The van der Waals surface area contributed by atoms with Crippen LogP contribution in [0.15, 0.2) is 24.8 Å². The number of anilines is 2. The summed E-state index contributed by atoms with van der Waals surface area (Å²) in [5.74, 6) is -0.424. The molecule has 1 aromatic rings. The predicted octanol–water partition coefficient (Wildman–Crippen LogP) is 3.40. The van der Waals surface area contributed by atoms with Crippen LogP contribution in [0.3, 0.4) is 0 Å². The highest BCUT2D eigenvalue weighted by molar-refractivity contribution is 5.89. The third-order valence-corrected chi connectivity index (χ3v) is 1.82. The van der Waals surface area contributed by atoms with Crippen molar-refractivity contribution in [3.05, 3.63) is 30.4 Å². The molecule has 0 aliphatic rings. The number of nitrogen functional groups attached to an aromatic ring is 1. The maximum absolute atomic E-state index is 10.7. The van der Waals surface area contributed by atoms with Crippen LogP contribution in [0.5, 0.6) is 0 Å². The van der Waals surface area contributed by atoms with Crippen molar-refractivity contribution in [2.75, 3.05) is 11.1 Å². The largest absolute Gasteiger partial charge is 0.478 e. The minimum atomic E-state index is -1.03. The van der Waals surface area contributed by atoms with Crippen LogP contribution in [0.25, 0.3) is 0 Å². The molecular formula is C14H25N3O2. The number of carbonyl (C=O) groups is 1. The summed E-state index contributed by atoms with van der Waals surface area (Å²) in [4.78, 5) is 14.7. The Labute approximate surface area is 115 Å². The first-order valence-corrected chi connectivity index (χ1v) is 6.43. The second-order valence-corrected chi connectivity index (χ2v) is 3.14. The molecule has 0 amide bonds. The van der Waals surface area contributed by atoms with Gasteiger partial charge in [-0.05, 0) is 19.1 Å². The van der Waals surface area contributed by atoms with E-state index in [1.165, 1.54) is 12.1 Å². The van der Waals surface area contributed by atoms with Crippen LogP contribution >= 0.6 is 0 Å². The van der Waals surface area contributed by atoms with Gasteiger partial charge in [0.25, 0.3) is 0 Å². The fourth-order valence-corrected chi connectivity index (χ4v) is 1.04. The lowest BCUT2D eigenvalue weighted by Crippen LogP contribution is -2.14. The summed E-state index contributed by atoms with van der Waals surface area (Å²) >= 11 is 0. The van der Waals surface area contributed by atoms with Crippen molar-refractivity contribution in [3.8, 4) is 0 Å². The van der Waals surface area contributed by atoms with Gasteiger partial charge in [-0.2, -0.15) is 0 Å². The molecule has 0 saturated carbocycles. The molecule has 0 aliphatic carbocycles. The number of hydrogen-bond donors (Lipinski definition) is 3. The fraction of sp³-hybridized carbons (Fsp3) is 0.429. The Hall–Kier alpha value is -2.04. The summed E-state index contributed by atoms with van der Waals surface area (Å²) in [6, 6.07) is 2.74. The molecular weight excluding hydrogens is 242 g/mol. The number of pyridine rings is 1. The van der Waals surface area contributed by atoms with E-state index in [4.69, 9.17) is 10.8 Å².